The van der Waals surface area contributed by atoms with Crippen molar-refractivity contribution >= 4 is 32.9 Å². The van der Waals surface area contributed by atoms with Gasteiger partial charge in [0.2, 0.25) is 0 Å². The molecular formula is C14H13FN2O2S2. The van der Waals surface area contributed by atoms with E-state index < -0.39 is 15.8 Å². The molecule has 0 unspecified atom stereocenters. The van der Waals surface area contributed by atoms with E-state index in [2.05, 4.69) is 4.72 Å². The molecule has 0 fully saturated rings. The molecule has 0 aliphatic rings. The molecule has 0 spiro atoms. The first-order valence-corrected chi connectivity index (χ1v) is 7.89. The second-order valence-corrected chi connectivity index (χ2v) is 6.49. The number of halogens is 1. The van der Waals surface area contributed by atoms with E-state index in [0.717, 1.165) is 0 Å². The van der Waals surface area contributed by atoms with Crippen LogP contribution in [0.5, 0.6) is 0 Å². The van der Waals surface area contributed by atoms with Crippen molar-refractivity contribution in [3.8, 4) is 0 Å². The summed E-state index contributed by atoms with van der Waals surface area (Å²) in [7, 11) is -3.99. The third-order valence-electron chi connectivity index (χ3n) is 2.90. The van der Waals surface area contributed by atoms with Gasteiger partial charge in [-0.25, -0.2) is 12.8 Å². The number of nitrogens with two attached hydrogens (primary N) is 1. The lowest BCUT2D eigenvalue weighted by atomic mass is 10.2. The fourth-order valence-corrected chi connectivity index (χ4v) is 3.46. The molecule has 0 aromatic heterocycles. The molecular weight excluding hydrogens is 311 g/mol. The van der Waals surface area contributed by atoms with Crippen molar-refractivity contribution in [1.82, 2.24) is 0 Å². The van der Waals surface area contributed by atoms with Gasteiger partial charge in [-0.3, -0.25) is 4.72 Å². The van der Waals surface area contributed by atoms with Crippen LogP contribution < -0.4 is 10.5 Å². The fraction of sp³-hybridized carbons (Fsp3) is 0.0714. The van der Waals surface area contributed by atoms with Gasteiger partial charge in [-0.2, -0.15) is 0 Å². The fourth-order valence-electron chi connectivity index (χ4n) is 1.86. The smallest absolute Gasteiger partial charge is 0.262 e. The lowest BCUT2D eigenvalue weighted by Crippen LogP contribution is -2.20. The van der Waals surface area contributed by atoms with Crippen molar-refractivity contribution < 1.29 is 12.8 Å². The highest BCUT2D eigenvalue weighted by Gasteiger charge is 2.21. The van der Waals surface area contributed by atoms with E-state index in [9.17, 15) is 12.8 Å². The first kappa shape index (κ1) is 15.4. The number of aryl methyl sites for hydroxylation is 1. The van der Waals surface area contributed by atoms with E-state index in [1.807, 2.05) is 0 Å². The number of nitrogens with one attached hydrogen (secondary N) is 1. The number of hydrogen-bond donors (Lipinski definition) is 2. The van der Waals surface area contributed by atoms with Crippen LogP contribution in [0.15, 0.2) is 47.4 Å². The average Bonchev–Trinajstić information content (AvgIpc) is 2.43. The quantitative estimate of drug-likeness (QED) is 0.848. The van der Waals surface area contributed by atoms with Crippen LogP contribution in [-0.2, 0) is 10.0 Å². The number of rotatable bonds is 4. The standard InChI is InChI=1S/C14H13FN2O2S2/c1-9-5-4-7-11(15)13(9)17-21(18,19)12-8-3-2-6-10(12)14(16)20/h2-8,17H,1H3,(H2,16,20). The van der Waals surface area contributed by atoms with Crippen LogP contribution in [0.1, 0.15) is 11.1 Å². The highest BCUT2D eigenvalue weighted by molar-refractivity contribution is 7.93. The van der Waals surface area contributed by atoms with E-state index in [4.69, 9.17) is 18.0 Å². The van der Waals surface area contributed by atoms with Gasteiger partial charge in [0, 0.05) is 5.56 Å². The molecule has 0 aliphatic heterocycles. The maximum Gasteiger partial charge on any atom is 0.262 e. The van der Waals surface area contributed by atoms with Gasteiger partial charge in [0.15, 0.2) is 0 Å². The molecule has 21 heavy (non-hydrogen) atoms. The van der Waals surface area contributed by atoms with Crippen LogP contribution in [-0.4, -0.2) is 13.4 Å². The molecule has 2 aromatic rings. The number of benzene rings is 2. The Balaban J connectivity index is 2.52. The molecule has 3 N–H and O–H groups in total. The SMILES string of the molecule is Cc1cccc(F)c1NS(=O)(=O)c1ccccc1C(N)=S. The highest BCUT2D eigenvalue weighted by atomic mass is 32.2. The first-order chi connectivity index (χ1) is 9.83. The van der Waals surface area contributed by atoms with Crippen LogP contribution in [0.2, 0.25) is 0 Å². The second kappa shape index (κ2) is 5.79. The summed E-state index contributed by atoms with van der Waals surface area (Å²) in [5.74, 6) is -0.647. The van der Waals surface area contributed by atoms with E-state index in [1.165, 1.54) is 24.3 Å². The van der Waals surface area contributed by atoms with Gasteiger partial charge in [-0.05, 0) is 24.6 Å². The van der Waals surface area contributed by atoms with Crippen molar-refractivity contribution in [2.45, 2.75) is 11.8 Å². The Labute approximate surface area is 127 Å². The summed E-state index contributed by atoms with van der Waals surface area (Å²) in [6, 6.07) is 10.3. The number of anilines is 1. The predicted octanol–water partition coefficient (Wildman–Crippen LogP) is 2.57. The van der Waals surface area contributed by atoms with Crippen LogP contribution in [0.25, 0.3) is 0 Å². The zero-order chi connectivity index (χ0) is 15.6. The van der Waals surface area contributed by atoms with Gasteiger partial charge >= 0.3 is 0 Å². The molecule has 7 heteroatoms. The minimum absolute atomic E-state index is 0.0405. The summed E-state index contributed by atoms with van der Waals surface area (Å²) in [5, 5.41) is 0. The van der Waals surface area contributed by atoms with Gasteiger partial charge in [-0.15, -0.1) is 0 Å². The Morgan fingerprint density at radius 1 is 1.19 bits per heavy atom. The zero-order valence-corrected chi connectivity index (χ0v) is 12.8. The van der Waals surface area contributed by atoms with Gasteiger partial charge < -0.3 is 5.73 Å². The molecule has 110 valence electrons. The second-order valence-electron chi connectivity index (χ2n) is 4.40. The monoisotopic (exact) mass is 324 g/mol. The van der Waals surface area contributed by atoms with E-state index in [-0.39, 0.29) is 21.1 Å². The average molecular weight is 324 g/mol. The van der Waals surface area contributed by atoms with Crippen molar-refractivity contribution in [2.75, 3.05) is 4.72 Å². The summed E-state index contributed by atoms with van der Waals surface area (Å²) in [6.45, 7) is 1.61. The predicted molar refractivity (Wildman–Crippen MR) is 84.3 cm³/mol. The Morgan fingerprint density at radius 2 is 1.86 bits per heavy atom. The van der Waals surface area contributed by atoms with Crippen molar-refractivity contribution in [2.24, 2.45) is 5.73 Å². The number of para-hydroxylation sites is 1. The normalized spacial score (nSPS) is 11.1. The van der Waals surface area contributed by atoms with E-state index in [0.29, 0.717) is 5.56 Å². The molecule has 0 radical (unpaired) electrons. The maximum absolute atomic E-state index is 13.8. The Kier molecular flexibility index (Phi) is 4.24. The maximum atomic E-state index is 13.8. The summed E-state index contributed by atoms with van der Waals surface area (Å²) >= 11 is 4.85. The van der Waals surface area contributed by atoms with Gasteiger partial charge in [0.25, 0.3) is 10.0 Å². The number of sulfonamides is 1. The van der Waals surface area contributed by atoms with Gasteiger partial charge in [-0.1, -0.05) is 42.5 Å². The molecule has 2 aromatic carbocycles. The molecule has 0 atom stereocenters. The lowest BCUT2D eigenvalue weighted by Gasteiger charge is -2.13. The Morgan fingerprint density at radius 3 is 2.48 bits per heavy atom. The van der Waals surface area contributed by atoms with Gasteiger partial charge in [0.1, 0.15) is 10.8 Å². The number of thiocarbonyl (C=S) groups is 1. The van der Waals surface area contributed by atoms with Crippen molar-refractivity contribution in [3.05, 3.63) is 59.4 Å². The largest absolute Gasteiger partial charge is 0.389 e. The minimum atomic E-state index is -3.99. The summed E-state index contributed by atoms with van der Waals surface area (Å²) in [6.07, 6.45) is 0. The van der Waals surface area contributed by atoms with E-state index in [1.54, 1.807) is 25.1 Å². The molecule has 4 nitrogen and oxygen atoms in total. The lowest BCUT2D eigenvalue weighted by molar-refractivity contribution is 0.598. The topological polar surface area (TPSA) is 72.2 Å². The van der Waals surface area contributed by atoms with Crippen LogP contribution in [0.4, 0.5) is 10.1 Å². The van der Waals surface area contributed by atoms with Crippen LogP contribution in [0, 0.1) is 12.7 Å². The van der Waals surface area contributed by atoms with Crippen LogP contribution in [0.3, 0.4) is 0 Å². The van der Waals surface area contributed by atoms with Crippen molar-refractivity contribution in [1.29, 1.82) is 0 Å². The highest BCUT2D eigenvalue weighted by Crippen LogP contribution is 2.24. The Bertz CT molecular complexity index is 784. The molecule has 0 amide bonds. The molecule has 0 bridgehead atoms. The first-order valence-electron chi connectivity index (χ1n) is 5.99. The third-order valence-corrected chi connectivity index (χ3v) is 4.53. The summed E-state index contributed by atoms with van der Waals surface area (Å²) in [4.78, 5) is -0.124. The molecule has 0 aliphatic carbocycles. The Hall–Kier alpha value is -1.99. The number of hydrogen-bond acceptors (Lipinski definition) is 3. The summed E-state index contributed by atoms with van der Waals surface area (Å²) < 4.78 is 40.9. The molecule has 2 rings (SSSR count). The zero-order valence-electron chi connectivity index (χ0n) is 11.1. The third kappa shape index (κ3) is 3.20. The van der Waals surface area contributed by atoms with Crippen LogP contribution >= 0.6 is 12.2 Å². The molecule has 0 saturated heterocycles. The molecule has 0 heterocycles. The van der Waals surface area contributed by atoms with Gasteiger partial charge in [0.05, 0.1) is 10.6 Å². The minimum Gasteiger partial charge on any atom is -0.389 e. The van der Waals surface area contributed by atoms with E-state index >= 15 is 0 Å². The molecule has 0 saturated carbocycles. The summed E-state index contributed by atoms with van der Waals surface area (Å²) in [5.41, 5.74) is 6.14. The van der Waals surface area contributed by atoms with Crippen molar-refractivity contribution in [3.63, 3.8) is 0 Å².